The Kier molecular flexibility index (Phi) is 6.03. The van der Waals surface area contributed by atoms with E-state index in [9.17, 15) is 18.8 Å². The van der Waals surface area contributed by atoms with E-state index < -0.39 is 17.8 Å². The summed E-state index contributed by atoms with van der Waals surface area (Å²) < 4.78 is 14.0. The van der Waals surface area contributed by atoms with E-state index in [2.05, 4.69) is 5.32 Å². The highest BCUT2D eigenvalue weighted by atomic mass is 19.1. The third kappa shape index (κ3) is 4.54. The predicted molar refractivity (Wildman–Crippen MR) is 102 cm³/mol. The Balaban J connectivity index is 1.56. The van der Waals surface area contributed by atoms with Crippen LogP contribution in [0, 0.1) is 5.82 Å². The molecule has 1 aliphatic heterocycles. The van der Waals surface area contributed by atoms with Crippen LogP contribution in [0.1, 0.15) is 35.2 Å². The van der Waals surface area contributed by atoms with Crippen LogP contribution in [0.4, 0.5) is 10.1 Å². The molecule has 1 unspecified atom stereocenters. The molecule has 2 amide bonds. The van der Waals surface area contributed by atoms with Crippen molar-refractivity contribution in [2.45, 2.75) is 31.7 Å². The minimum atomic E-state index is -1.00. The van der Waals surface area contributed by atoms with Gasteiger partial charge in [0, 0.05) is 13.0 Å². The topological polar surface area (TPSA) is 86.7 Å². The number of carbonyl (C=O) groups excluding carboxylic acids is 2. The fourth-order valence-corrected chi connectivity index (χ4v) is 3.26. The minimum Gasteiger partial charge on any atom is -0.478 e. The summed E-state index contributed by atoms with van der Waals surface area (Å²) in [7, 11) is 0. The molecule has 28 heavy (non-hydrogen) atoms. The summed E-state index contributed by atoms with van der Waals surface area (Å²) in [6, 6.07) is 11.7. The Labute approximate surface area is 162 Å². The first-order valence-electron chi connectivity index (χ1n) is 9.13. The minimum absolute atomic E-state index is 0.176. The van der Waals surface area contributed by atoms with Crippen molar-refractivity contribution in [2.75, 3.05) is 11.4 Å². The zero-order valence-corrected chi connectivity index (χ0v) is 15.2. The molecule has 0 saturated carbocycles. The third-order valence-electron chi connectivity index (χ3n) is 4.76. The van der Waals surface area contributed by atoms with Gasteiger partial charge in [-0.25, -0.2) is 9.18 Å². The molecule has 2 aromatic carbocycles. The number of carboxylic acids is 1. The molecule has 7 heteroatoms. The summed E-state index contributed by atoms with van der Waals surface area (Å²) in [5.41, 5.74) is 1.25. The van der Waals surface area contributed by atoms with Gasteiger partial charge in [-0.05, 0) is 49.1 Å². The number of carbonyl (C=O) groups is 3. The number of nitrogens with zero attached hydrogens (tertiary/aromatic N) is 1. The predicted octanol–water partition coefficient (Wildman–Crippen LogP) is 2.77. The first-order chi connectivity index (χ1) is 13.5. The third-order valence-corrected chi connectivity index (χ3v) is 4.76. The number of hydrogen-bond donors (Lipinski definition) is 2. The summed E-state index contributed by atoms with van der Waals surface area (Å²) in [5.74, 6) is -2.04. The maximum Gasteiger partial charge on any atom is 0.335 e. The van der Waals surface area contributed by atoms with Gasteiger partial charge in [0.05, 0.1) is 11.3 Å². The SMILES string of the molecule is O=C(CCc1ccc(C(=O)O)cc1)NC1CCCN(c2ccccc2F)C1=O. The Morgan fingerprint density at radius 1 is 1.14 bits per heavy atom. The summed E-state index contributed by atoms with van der Waals surface area (Å²) in [4.78, 5) is 37.2. The Morgan fingerprint density at radius 2 is 1.86 bits per heavy atom. The molecule has 1 fully saturated rings. The summed E-state index contributed by atoms with van der Waals surface area (Å²) in [6.07, 6.45) is 1.80. The van der Waals surface area contributed by atoms with E-state index in [1.807, 2.05) is 0 Å². The van der Waals surface area contributed by atoms with Crippen molar-refractivity contribution in [3.63, 3.8) is 0 Å². The average Bonchev–Trinajstić information content (AvgIpc) is 2.69. The van der Waals surface area contributed by atoms with Gasteiger partial charge in [0.2, 0.25) is 11.8 Å². The van der Waals surface area contributed by atoms with Crippen LogP contribution in [0.3, 0.4) is 0 Å². The van der Waals surface area contributed by atoms with Gasteiger partial charge in [-0.1, -0.05) is 24.3 Å². The summed E-state index contributed by atoms with van der Waals surface area (Å²) in [5, 5.41) is 11.6. The van der Waals surface area contributed by atoms with Crippen molar-refractivity contribution in [3.8, 4) is 0 Å². The van der Waals surface area contributed by atoms with E-state index in [0.717, 1.165) is 5.56 Å². The maximum atomic E-state index is 14.0. The molecule has 3 rings (SSSR count). The maximum absolute atomic E-state index is 14.0. The molecule has 1 aliphatic rings. The summed E-state index contributed by atoms with van der Waals surface area (Å²) >= 11 is 0. The summed E-state index contributed by atoms with van der Waals surface area (Å²) in [6.45, 7) is 0.419. The molecule has 0 aliphatic carbocycles. The van der Waals surface area contributed by atoms with E-state index in [0.29, 0.717) is 25.8 Å². The fraction of sp³-hybridized carbons (Fsp3) is 0.286. The quantitative estimate of drug-likeness (QED) is 0.802. The lowest BCUT2D eigenvalue weighted by molar-refractivity contribution is -0.128. The largest absolute Gasteiger partial charge is 0.478 e. The Morgan fingerprint density at radius 3 is 2.54 bits per heavy atom. The average molecular weight is 384 g/mol. The number of aryl methyl sites for hydroxylation is 1. The number of carboxylic acid groups (broad SMARTS) is 1. The fourth-order valence-electron chi connectivity index (χ4n) is 3.26. The number of rotatable bonds is 6. The van der Waals surface area contributed by atoms with Crippen LogP contribution in [-0.2, 0) is 16.0 Å². The van der Waals surface area contributed by atoms with Crippen LogP contribution < -0.4 is 10.2 Å². The molecular weight excluding hydrogens is 363 g/mol. The first-order valence-corrected chi connectivity index (χ1v) is 9.13. The lowest BCUT2D eigenvalue weighted by Crippen LogP contribution is -2.52. The highest BCUT2D eigenvalue weighted by Gasteiger charge is 2.31. The standard InChI is InChI=1S/C21H21FN2O4/c22-16-4-1-2-6-18(16)24-13-3-5-17(20(24)26)23-19(25)12-9-14-7-10-15(11-8-14)21(27)28/h1-2,4,6-8,10-11,17H,3,5,9,12-13H2,(H,23,25)(H,27,28). The molecule has 1 saturated heterocycles. The lowest BCUT2D eigenvalue weighted by atomic mass is 10.0. The van der Waals surface area contributed by atoms with Gasteiger partial charge in [0.15, 0.2) is 0 Å². The van der Waals surface area contributed by atoms with Gasteiger partial charge in [0.1, 0.15) is 11.9 Å². The second-order valence-electron chi connectivity index (χ2n) is 6.71. The van der Waals surface area contributed by atoms with Crippen LogP contribution in [-0.4, -0.2) is 35.5 Å². The molecule has 2 N–H and O–H groups in total. The molecule has 0 spiro atoms. The van der Waals surface area contributed by atoms with E-state index >= 15 is 0 Å². The van der Waals surface area contributed by atoms with Gasteiger partial charge >= 0.3 is 5.97 Å². The Bertz CT molecular complexity index is 882. The molecule has 1 atom stereocenters. The van der Waals surface area contributed by atoms with Gasteiger partial charge < -0.3 is 15.3 Å². The van der Waals surface area contributed by atoms with Crippen LogP contribution in [0.5, 0.6) is 0 Å². The van der Waals surface area contributed by atoms with E-state index in [1.165, 1.54) is 23.1 Å². The highest BCUT2D eigenvalue weighted by Crippen LogP contribution is 2.24. The highest BCUT2D eigenvalue weighted by molar-refractivity contribution is 6.00. The number of piperidine rings is 1. The van der Waals surface area contributed by atoms with Crippen molar-refractivity contribution in [1.82, 2.24) is 5.32 Å². The van der Waals surface area contributed by atoms with Crippen molar-refractivity contribution >= 4 is 23.5 Å². The number of anilines is 1. The number of aromatic carboxylic acids is 1. The molecule has 2 aromatic rings. The number of nitrogens with one attached hydrogen (secondary N) is 1. The van der Waals surface area contributed by atoms with Crippen LogP contribution in [0.25, 0.3) is 0 Å². The van der Waals surface area contributed by atoms with Crippen LogP contribution in [0.15, 0.2) is 48.5 Å². The molecule has 6 nitrogen and oxygen atoms in total. The van der Waals surface area contributed by atoms with Crippen molar-refractivity contribution in [3.05, 3.63) is 65.5 Å². The number of amides is 2. The number of hydrogen-bond acceptors (Lipinski definition) is 3. The lowest BCUT2D eigenvalue weighted by Gasteiger charge is -2.32. The number of halogens is 1. The van der Waals surface area contributed by atoms with Gasteiger partial charge in [-0.15, -0.1) is 0 Å². The molecule has 1 heterocycles. The van der Waals surface area contributed by atoms with Crippen LogP contribution >= 0.6 is 0 Å². The van der Waals surface area contributed by atoms with Crippen molar-refractivity contribution in [2.24, 2.45) is 0 Å². The van der Waals surface area contributed by atoms with Crippen LogP contribution in [0.2, 0.25) is 0 Å². The second-order valence-corrected chi connectivity index (χ2v) is 6.71. The van der Waals surface area contributed by atoms with Gasteiger partial charge in [0.25, 0.3) is 0 Å². The zero-order chi connectivity index (χ0) is 20.1. The van der Waals surface area contributed by atoms with Gasteiger partial charge in [-0.2, -0.15) is 0 Å². The van der Waals surface area contributed by atoms with Gasteiger partial charge in [-0.3, -0.25) is 9.59 Å². The molecule has 0 aromatic heterocycles. The zero-order valence-electron chi connectivity index (χ0n) is 15.2. The normalized spacial score (nSPS) is 16.7. The first kappa shape index (κ1) is 19.5. The molecule has 146 valence electrons. The Hall–Kier alpha value is -3.22. The number of para-hydroxylation sites is 1. The van der Waals surface area contributed by atoms with E-state index in [1.54, 1.807) is 30.3 Å². The second kappa shape index (κ2) is 8.65. The smallest absolute Gasteiger partial charge is 0.335 e. The number of benzene rings is 2. The monoisotopic (exact) mass is 384 g/mol. The van der Waals surface area contributed by atoms with Crippen molar-refractivity contribution in [1.29, 1.82) is 0 Å². The van der Waals surface area contributed by atoms with E-state index in [-0.39, 0.29) is 29.5 Å². The molecule has 0 bridgehead atoms. The molecular formula is C21H21FN2O4. The van der Waals surface area contributed by atoms with E-state index in [4.69, 9.17) is 5.11 Å². The van der Waals surface area contributed by atoms with Crippen molar-refractivity contribution < 1.29 is 23.9 Å². The molecule has 0 radical (unpaired) electrons.